The largest absolute Gasteiger partial charge is 0.496 e. The third-order valence-electron chi connectivity index (χ3n) is 6.28. The lowest BCUT2D eigenvalue weighted by Gasteiger charge is -2.12. The molecule has 42 heavy (non-hydrogen) atoms. The van der Waals surface area contributed by atoms with Gasteiger partial charge in [-0.25, -0.2) is 10.2 Å². The minimum Gasteiger partial charge on any atom is -0.496 e. The Labute approximate surface area is 259 Å². The van der Waals surface area contributed by atoms with Crippen LogP contribution in [0.4, 0.5) is 0 Å². The second-order valence-electron chi connectivity index (χ2n) is 8.89. The van der Waals surface area contributed by atoms with Crippen LogP contribution in [0.3, 0.4) is 0 Å². The summed E-state index contributed by atoms with van der Waals surface area (Å²) in [6.45, 7) is 0. The maximum Gasteiger partial charge on any atom is 0.347 e. The Bertz CT molecular complexity index is 1850. The monoisotopic (exact) mass is 665 g/mol. The molecule has 8 nitrogen and oxygen atoms in total. The molecular weight excluding hydrogens is 645 g/mol. The van der Waals surface area contributed by atoms with E-state index in [2.05, 4.69) is 31.4 Å². The second kappa shape index (κ2) is 12.7. The van der Waals surface area contributed by atoms with Crippen LogP contribution in [0.1, 0.15) is 26.4 Å². The van der Waals surface area contributed by atoms with Crippen molar-refractivity contribution in [2.45, 2.75) is 0 Å². The second-order valence-corrected chi connectivity index (χ2v) is 10.6. The number of aromatic nitrogens is 1. The molecule has 0 fully saturated rings. The standard InChI is InChI=1S/C31H22BrCl2N3O5/c1-40-25-12-9-19(33)15-22(25)31(39)42-26-11-7-17(13-27(26)41-2)16-35-37-30(38)29-28(20-5-3-4-6-23(20)34)21-14-18(32)8-10-24(21)36-29/h3-16,36H,1-2H3,(H,37,38). The topological polar surface area (TPSA) is 102 Å². The fourth-order valence-electron chi connectivity index (χ4n) is 4.34. The lowest BCUT2D eigenvalue weighted by molar-refractivity contribution is 0.0726. The number of amides is 1. The summed E-state index contributed by atoms with van der Waals surface area (Å²) in [5.74, 6) is -0.341. The number of carbonyl (C=O) groups is 2. The van der Waals surface area contributed by atoms with Crippen LogP contribution in [0.15, 0.2) is 88.4 Å². The summed E-state index contributed by atoms with van der Waals surface area (Å²) in [7, 11) is 2.89. The number of aromatic amines is 1. The van der Waals surface area contributed by atoms with E-state index in [0.717, 1.165) is 15.4 Å². The van der Waals surface area contributed by atoms with E-state index in [0.29, 0.717) is 38.2 Å². The number of esters is 1. The molecule has 0 aliphatic rings. The van der Waals surface area contributed by atoms with Crippen molar-refractivity contribution in [3.63, 3.8) is 0 Å². The van der Waals surface area contributed by atoms with Gasteiger partial charge in [0.25, 0.3) is 5.91 Å². The van der Waals surface area contributed by atoms with Crippen LogP contribution in [-0.2, 0) is 0 Å². The number of fused-ring (bicyclic) bond motifs is 1. The number of carbonyl (C=O) groups excluding carboxylic acids is 2. The predicted octanol–water partition coefficient (Wildman–Crippen LogP) is 7.90. The molecule has 0 spiro atoms. The van der Waals surface area contributed by atoms with Gasteiger partial charge in [-0.15, -0.1) is 0 Å². The molecule has 1 heterocycles. The first kappa shape index (κ1) is 29.2. The van der Waals surface area contributed by atoms with Crippen LogP contribution in [0.25, 0.3) is 22.0 Å². The lowest BCUT2D eigenvalue weighted by Crippen LogP contribution is -2.19. The molecule has 5 rings (SSSR count). The van der Waals surface area contributed by atoms with Gasteiger partial charge in [-0.3, -0.25) is 4.79 Å². The van der Waals surface area contributed by atoms with E-state index in [1.807, 2.05) is 36.4 Å². The van der Waals surface area contributed by atoms with Crippen molar-refractivity contribution in [1.29, 1.82) is 0 Å². The van der Waals surface area contributed by atoms with Gasteiger partial charge in [0.2, 0.25) is 0 Å². The molecule has 2 N–H and O–H groups in total. The Morgan fingerprint density at radius 3 is 2.43 bits per heavy atom. The molecule has 0 aliphatic carbocycles. The maximum atomic E-state index is 13.3. The third kappa shape index (κ3) is 6.13. The number of nitrogens with zero attached hydrogens (tertiary/aromatic N) is 1. The quantitative estimate of drug-likeness (QED) is 0.0759. The summed E-state index contributed by atoms with van der Waals surface area (Å²) >= 11 is 16.0. The molecule has 0 saturated carbocycles. The van der Waals surface area contributed by atoms with E-state index in [-0.39, 0.29) is 17.1 Å². The molecule has 0 saturated heterocycles. The highest BCUT2D eigenvalue weighted by molar-refractivity contribution is 9.10. The fraction of sp³-hybridized carbons (Fsp3) is 0.0645. The highest BCUT2D eigenvalue weighted by Crippen LogP contribution is 2.38. The zero-order valence-corrected chi connectivity index (χ0v) is 25.3. The zero-order valence-electron chi connectivity index (χ0n) is 22.2. The fourth-order valence-corrected chi connectivity index (χ4v) is 5.11. The SMILES string of the molecule is COc1cc(C=NNC(=O)c2[nH]c3ccc(Br)cc3c2-c2ccccc2Cl)ccc1OC(=O)c1cc(Cl)ccc1OC. The molecule has 11 heteroatoms. The summed E-state index contributed by atoms with van der Waals surface area (Å²) < 4.78 is 17.1. The normalized spacial score (nSPS) is 11.1. The molecule has 0 atom stereocenters. The van der Waals surface area contributed by atoms with Gasteiger partial charge in [0, 0.05) is 36.5 Å². The number of methoxy groups -OCH3 is 2. The van der Waals surface area contributed by atoms with Crippen LogP contribution in [0.5, 0.6) is 17.2 Å². The van der Waals surface area contributed by atoms with Crippen molar-refractivity contribution >= 4 is 68.1 Å². The first-order valence-electron chi connectivity index (χ1n) is 12.4. The van der Waals surface area contributed by atoms with Crippen molar-refractivity contribution in [3.8, 4) is 28.4 Å². The van der Waals surface area contributed by atoms with E-state index in [1.165, 1.54) is 26.5 Å². The first-order chi connectivity index (χ1) is 20.3. The van der Waals surface area contributed by atoms with Gasteiger partial charge in [-0.1, -0.05) is 57.3 Å². The molecule has 0 unspecified atom stereocenters. The molecule has 1 aromatic heterocycles. The van der Waals surface area contributed by atoms with Gasteiger partial charge in [-0.05, 0) is 66.2 Å². The van der Waals surface area contributed by atoms with Crippen LogP contribution in [-0.4, -0.2) is 37.3 Å². The first-order valence-corrected chi connectivity index (χ1v) is 14.0. The minimum atomic E-state index is -0.666. The van der Waals surface area contributed by atoms with E-state index >= 15 is 0 Å². The van der Waals surface area contributed by atoms with Gasteiger partial charge in [0.05, 0.1) is 20.4 Å². The average Bonchev–Trinajstić information content (AvgIpc) is 3.36. The van der Waals surface area contributed by atoms with E-state index in [4.69, 9.17) is 37.4 Å². The maximum absolute atomic E-state index is 13.3. The summed E-state index contributed by atoms with van der Waals surface area (Å²) in [6.07, 6.45) is 1.44. The van der Waals surface area contributed by atoms with Crippen molar-refractivity contribution in [2.75, 3.05) is 14.2 Å². The van der Waals surface area contributed by atoms with Crippen molar-refractivity contribution in [3.05, 3.63) is 110 Å². The lowest BCUT2D eigenvalue weighted by atomic mass is 10.0. The number of halogens is 3. The molecule has 0 aliphatic heterocycles. The smallest absolute Gasteiger partial charge is 0.347 e. The van der Waals surface area contributed by atoms with Crippen LogP contribution < -0.4 is 19.6 Å². The Morgan fingerprint density at radius 1 is 0.905 bits per heavy atom. The predicted molar refractivity (Wildman–Crippen MR) is 167 cm³/mol. The summed E-state index contributed by atoms with van der Waals surface area (Å²) in [4.78, 5) is 29.3. The van der Waals surface area contributed by atoms with Crippen LogP contribution in [0.2, 0.25) is 10.0 Å². The highest BCUT2D eigenvalue weighted by atomic mass is 79.9. The van der Waals surface area contributed by atoms with E-state index < -0.39 is 11.9 Å². The van der Waals surface area contributed by atoms with Crippen LogP contribution in [0, 0.1) is 0 Å². The van der Waals surface area contributed by atoms with Gasteiger partial charge in [-0.2, -0.15) is 5.10 Å². The molecule has 0 bridgehead atoms. The Balaban J connectivity index is 1.37. The number of ether oxygens (including phenoxy) is 3. The molecule has 5 aromatic rings. The Hall–Kier alpha value is -4.31. The minimum absolute atomic E-state index is 0.167. The van der Waals surface area contributed by atoms with Gasteiger partial charge >= 0.3 is 5.97 Å². The van der Waals surface area contributed by atoms with Gasteiger partial charge < -0.3 is 19.2 Å². The molecule has 4 aromatic carbocycles. The number of hydrogen-bond donors (Lipinski definition) is 2. The molecule has 212 valence electrons. The van der Waals surface area contributed by atoms with Gasteiger partial charge in [0.15, 0.2) is 11.5 Å². The van der Waals surface area contributed by atoms with Crippen LogP contribution >= 0.6 is 39.1 Å². The van der Waals surface area contributed by atoms with Crippen molar-refractivity contribution in [1.82, 2.24) is 10.4 Å². The van der Waals surface area contributed by atoms with Crippen molar-refractivity contribution in [2.24, 2.45) is 5.10 Å². The highest BCUT2D eigenvalue weighted by Gasteiger charge is 2.21. The number of H-pyrrole nitrogens is 1. The van der Waals surface area contributed by atoms with E-state index in [1.54, 1.807) is 36.4 Å². The van der Waals surface area contributed by atoms with E-state index in [9.17, 15) is 9.59 Å². The number of hydrazone groups is 1. The summed E-state index contributed by atoms with van der Waals surface area (Å²) in [5.41, 5.74) is 5.77. The summed E-state index contributed by atoms with van der Waals surface area (Å²) in [5, 5.41) is 5.83. The number of nitrogens with one attached hydrogen (secondary N) is 2. The zero-order chi connectivity index (χ0) is 29.8. The number of benzene rings is 4. The average molecular weight is 667 g/mol. The Kier molecular flexibility index (Phi) is 8.82. The summed E-state index contributed by atoms with van der Waals surface area (Å²) in [6, 6.07) is 22.5. The molecule has 1 amide bonds. The molecular formula is C31H22BrCl2N3O5. The van der Waals surface area contributed by atoms with Crippen molar-refractivity contribution < 1.29 is 23.8 Å². The third-order valence-corrected chi connectivity index (χ3v) is 7.34. The van der Waals surface area contributed by atoms with Gasteiger partial charge in [0.1, 0.15) is 17.0 Å². The molecule has 0 radical (unpaired) electrons. The number of hydrogen-bond acceptors (Lipinski definition) is 6. The number of rotatable bonds is 8. The Morgan fingerprint density at radius 2 is 1.67 bits per heavy atom.